The van der Waals surface area contributed by atoms with Crippen molar-refractivity contribution in [1.29, 1.82) is 0 Å². The lowest BCUT2D eigenvalue weighted by atomic mass is 9.87. The number of aryl methyl sites for hydroxylation is 1. The molecule has 21 heavy (non-hydrogen) atoms. The van der Waals surface area contributed by atoms with E-state index in [1.165, 1.54) is 17.7 Å². The number of hydrogen-bond acceptors (Lipinski definition) is 4. The second-order valence-corrected chi connectivity index (χ2v) is 5.88. The zero-order chi connectivity index (χ0) is 14.7. The molecule has 4 nitrogen and oxygen atoms in total. The number of nitrogens with one attached hydrogen (secondary N) is 1. The van der Waals surface area contributed by atoms with Crippen LogP contribution in [-0.2, 0) is 12.8 Å². The highest BCUT2D eigenvalue weighted by Gasteiger charge is 2.20. The molecule has 0 saturated heterocycles. The van der Waals surface area contributed by atoms with Crippen molar-refractivity contribution in [3.05, 3.63) is 40.8 Å². The highest BCUT2D eigenvalue weighted by Crippen LogP contribution is 2.25. The fourth-order valence-corrected chi connectivity index (χ4v) is 2.85. The van der Waals surface area contributed by atoms with Gasteiger partial charge in [-0.05, 0) is 56.0 Å². The van der Waals surface area contributed by atoms with Gasteiger partial charge in [0.25, 0.3) is 0 Å². The first kappa shape index (κ1) is 14.4. The Morgan fingerprint density at radius 2 is 2.19 bits per heavy atom. The predicted molar refractivity (Wildman–Crippen MR) is 84.3 cm³/mol. The van der Waals surface area contributed by atoms with Crippen molar-refractivity contribution in [3.63, 3.8) is 0 Å². The molecule has 2 aromatic heterocycles. The summed E-state index contributed by atoms with van der Waals surface area (Å²) in [6.45, 7) is 4.25. The van der Waals surface area contributed by atoms with Crippen LogP contribution in [0.4, 0.5) is 0 Å². The molecule has 2 heterocycles. The average molecular weight is 303 g/mol. The third kappa shape index (κ3) is 3.39. The summed E-state index contributed by atoms with van der Waals surface area (Å²) in [6.07, 6.45) is 6.87. The Labute approximate surface area is 130 Å². The lowest BCUT2D eigenvalue weighted by molar-refractivity contribution is 0.424. The van der Waals surface area contributed by atoms with E-state index in [1.807, 2.05) is 18.3 Å². The average Bonchev–Trinajstić information content (AvgIpc) is 2.53. The summed E-state index contributed by atoms with van der Waals surface area (Å²) in [5.74, 6) is 1.39. The fraction of sp³-hybridized carbons (Fsp3) is 0.438. The Bertz CT molecular complexity index is 612. The molecule has 0 spiro atoms. The second kappa shape index (κ2) is 6.50. The molecular weight excluding hydrogens is 284 g/mol. The number of hydrogen-bond donors (Lipinski definition) is 1. The topological polar surface area (TPSA) is 50.7 Å². The number of halogens is 1. The lowest BCUT2D eigenvalue weighted by Crippen LogP contribution is -2.27. The van der Waals surface area contributed by atoms with E-state index in [0.29, 0.717) is 16.8 Å². The summed E-state index contributed by atoms with van der Waals surface area (Å²) >= 11 is 5.86. The highest BCUT2D eigenvalue weighted by atomic mass is 35.5. The van der Waals surface area contributed by atoms with Crippen molar-refractivity contribution in [2.24, 2.45) is 5.92 Å². The van der Waals surface area contributed by atoms with Gasteiger partial charge in [-0.3, -0.25) is 4.98 Å². The second-order valence-electron chi connectivity index (χ2n) is 5.44. The van der Waals surface area contributed by atoms with Crippen LogP contribution in [0.1, 0.15) is 24.6 Å². The van der Waals surface area contributed by atoms with E-state index >= 15 is 0 Å². The first-order valence-electron chi connectivity index (χ1n) is 7.43. The maximum absolute atomic E-state index is 5.86. The Hall–Kier alpha value is -1.52. The SMILES string of the molecule is CCNCC1CCc2nc(-c3ccc(Cl)cn3)ncc2C1. The molecule has 3 rings (SSSR count). The number of fused-ring (bicyclic) bond motifs is 1. The van der Waals surface area contributed by atoms with Gasteiger partial charge >= 0.3 is 0 Å². The van der Waals surface area contributed by atoms with E-state index in [2.05, 4.69) is 22.2 Å². The number of nitrogens with zero attached hydrogens (tertiary/aromatic N) is 3. The number of aromatic nitrogens is 3. The summed E-state index contributed by atoms with van der Waals surface area (Å²) < 4.78 is 0. The van der Waals surface area contributed by atoms with Gasteiger partial charge in [0, 0.05) is 18.1 Å². The van der Waals surface area contributed by atoms with E-state index in [4.69, 9.17) is 16.6 Å². The van der Waals surface area contributed by atoms with Crippen LogP contribution in [-0.4, -0.2) is 28.0 Å². The Morgan fingerprint density at radius 3 is 2.95 bits per heavy atom. The van der Waals surface area contributed by atoms with Crippen LogP contribution in [0, 0.1) is 5.92 Å². The zero-order valence-electron chi connectivity index (χ0n) is 12.1. The Morgan fingerprint density at radius 1 is 1.29 bits per heavy atom. The third-order valence-corrected chi connectivity index (χ3v) is 4.12. The normalized spacial score (nSPS) is 17.5. The zero-order valence-corrected chi connectivity index (χ0v) is 12.9. The monoisotopic (exact) mass is 302 g/mol. The molecule has 1 N–H and O–H groups in total. The van der Waals surface area contributed by atoms with Crippen molar-refractivity contribution in [1.82, 2.24) is 20.3 Å². The van der Waals surface area contributed by atoms with Gasteiger partial charge in [0.15, 0.2) is 5.82 Å². The van der Waals surface area contributed by atoms with Crippen LogP contribution in [0.15, 0.2) is 24.5 Å². The molecular formula is C16H19ClN4. The molecule has 0 radical (unpaired) electrons. The third-order valence-electron chi connectivity index (χ3n) is 3.89. The van der Waals surface area contributed by atoms with Gasteiger partial charge < -0.3 is 5.32 Å². The van der Waals surface area contributed by atoms with Crippen molar-refractivity contribution in [3.8, 4) is 11.5 Å². The van der Waals surface area contributed by atoms with Gasteiger partial charge in [0.05, 0.1) is 5.02 Å². The van der Waals surface area contributed by atoms with Crippen LogP contribution in [0.3, 0.4) is 0 Å². The molecule has 1 atom stereocenters. The standard InChI is InChI=1S/C16H19ClN4/c1-2-18-8-11-3-5-14-12(7-11)9-20-16(21-14)15-6-4-13(17)10-19-15/h4,6,9-11,18H,2-3,5,7-8H2,1H3. The van der Waals surface area contributed by atoms with Crippen LogP contribution >= 0.6 is 11.6 Å². The molecule has 0 saturated carbocycles. The quantitative estimate of drug-likeness (QED) is 0.943. The molecule has 0 aromatic carbocycles. The van der Waals surface area contributed by atoms with Gasteiger partial charge in [0.1, 0.15) is 5.69 Å². The smallest absolute Gasteiger partial charge is 0.178 e. The highest BCUT2D eigenvalue weighted by molar-refractivity contribution is 6.30. The maximum atomic E-state index is 5.86. The lowest BCUT2D eigenvalue weighted by Gasteiger charge is -2.23. The minimum absolute atomic E-state index is 0.628. The van der Waals surface area contributed by atoms with Crippen LogP contribution < -0.4 is 5.32 Å². The molecule has 5 heteroatoms. The number of pyridine rings is 1. The van der Waals surface area contributed by atoms with Gasteiger partial charge in [0.2, 0.25) is 0 Å². The summed E-state index contributed by atoms with van der Waals surface area (Å²) in [5.41, 5.74) is 3.23. The summed E-state index contributed by atoms with van der Waals surface area (Å²) in [6, 6.07) is 3.68. The van der Waals surface area contributed by atoms with Crippen molar-refractivity contribution in [2.75, 3.05) is 13.1 Å². The summed E-state index contributed by atoms with van der Waals surface area (Å²) in [4.78, 5) is 13.4. The molecule has 0 fully saturated rings. The minimum atomic E-state index is 0.628. The molecule has 0 amide bonds. The van der Waals surface area contributed by atoms with Gasteiger partial charge in [-0.2, -0.15) is 0 Å². The Balaban J connectivity index is 1.78. The van der Waals surface area contributed by atoms with E-state index < -0.39 is 0 Å². The predicted octanol–water partition coefficient (Wildman–Crippen LogP) is 2.91. The molecule has 0 aliphatic heterocycles. The van der Waals surface area contributed by atoms with Gasteiger partial charge in [-0.1, -0.05) is 18.5 Å². The number of rotatable bonds is 4. The van der Waals surface area contributed by atoms with Crippen LogP contribution in [0.2, 0.25) is 5.02 Å². The van der Waals surface area contributed by atoms with Gasteiger partial charge in [-0.15, -0.1) is 0 Å². The largest absolute Gasteiger partial charge is 0.317 e. The van der Waals surface area contributed by atoms with E-state index in [9.17, 15) is 0 Å². The molecule has 1 aliphatic rings. The van der Waals surface area contributed by atoms with E-state index in [-0.39, 0.29) is 0 Å². The Kier molecular flexibility index (Phi) is 4.46. The summed E-state index contributed by atoms with van der Waals surface area (Å²) in [7, 11) is 0. The van der Waals surface area contributed by atoms with Crippen LogP contribution in [0.5, 0.6) is 0 Å². The van der Waals surface area contributed by atoms with Crippen molar-refractivity contribution in [2.45, 2.75) is 26.2 Å². The summed E-state index contributed by atoms with van der Waals surface area (Å²) in [5, 5.41) is 4.06. The molecule has 0 bridgehead atoms. The minimum Gasteiger partial charge on any atom is -0.317 e. The van der Waals surface area contributed by atoms with Crippen molar-refractivity contribution >= 4 is 11.6 Å². The molecule has 1 unspecified atom stereocenters. The van der Waals surface area contributed by atoms with E-state index in [1.54, 1.807) is 6.20 Å². The molecule has 1 aliphatic carbocycles. The van der Waals surface area contributed by atoms with E-state index in [0.717, 1.165) is 31.6 Å². The fourth-order valence-electron chi connectivity index (χ4n) is 2.74. The first-order valence-corrected chi connectivity index (χ1v) is 7.81. The first-order chi connectivity index (χ1) is 10.3. The van der Waals surface area contributed by atoms with Gasteiger partial charge in [-0.25, -0.2) is 9.97 Å². The maximum Gasteiger partial charge on any atom is 0.178 e. The van der Waals surface area contributed by atoms with Crippen molar-refractivity contribution < 1.29 is 0 Å². The molecule has 2 aromatic rings. The molecule has 110 valence electrons. The van der Waals surface area contributed by atoms with Crippen LogP contribution in [0.25, 0.3) is 11.5 Å².